The Morgan fingerprint density at radius 2 is 1.71 bits per heavy atom. The van der Waals surface area contributed by atoms with Gasteiger partial charge in [0.1, 0.15) is 6.29 Å². The van der Waals surface area contributed by atoms with Crippen LogP contribution < -0.4 is 0 Å². The predicted molar refractivity (Wildman–Crippen MR) is 60.1 cm³/mol. The van der Waals surface area contributed by atoms with Gasteiger partial charge in [0.15, 0.2) is 0 Å². The van der Waals surface area contributed by atoms with E-state index in [0.29, 0.717) is 5.92 Å². The molecule has 14 heavy (non-hydrogen) atoms. The van der Waals surface area contributed by atoms with Crippen molar-refractivity contribution in [2.45, 2.75) is 52.9 Å². The van der Waals surface area contributed by atoms with E-state index in [1.165, 1.54) is 32.1 Å². The summed E-state index contributed by atoms with van der Waals surface area (Å²) < 4.78 is 0. The number of aldehydes is 1. The Morgan fingerprint density at radius 3 is 2.14 bits per heavy atom. The molecule has 0 aromatic heterocycles. The molecule has 1 atom stereocenters. The van der Waals surface area contributed by atoms with Crippen LogP contribution in [0, 0.1) is 23.7 Å². The third kappa shape index (κ3) is 3.43. The van der Waals surface area contributed by atoms with Gasteiger partial charge in [-0.05, 0) is 37.0 Å². The Hall–Kier alpha value is -0.330. The molecule has 0 aliphatic heterocycles. The molecule has 0 N–H and O–H groups in total. The SMILES string of the molecule is CC(C)CC1CCC(C(C)C=O)CC1. The van der Waals surface area contributed by atoms with Crippen LogP contribution in [0.25, 0.3) is 0 Å². The van der Waals surface area contributed by atoms with Gasteiger partial charge < -0.3 is 4.79 Å². The van der Waals surface area contributed by atoms with Crippen molar-refractivity contribution in [2.24, 2.45) is 23.7 Å². The van der Waals surface area contributed by atoms with E-state index < -0.39 is 0 Å². The molecule has 0 amide bonds. The highest BCUT2D eigenvalue weighted by Gasteiger charge is 2.24. The monoisotopic (exact) mass is 196 g/mol. The topological polar surface area (TPSA) is 17.1 Å². The summed E-state index contributed by atoms with van der Waals surface area (Å²) in [6, 6.07) is 0. The second-order valence-corrected chi connectivity index (χ2v) is 5.41. The Kier molecular flexibility index (Phi) is 4.64. The lowest BCUT2D eigenvalue weighted by Crippen LogP contribution is -2.21. The van der Waals surface area contributed by atoms with E-state index in [9.17, 15) is 4.79 Å². The van der Waals surface area contributed by atoms with Crippen LogP contribution in [-0.4, -0.2) is 6.29 Å². The van der Waals surface area contributed by atoms with Crippen LogP contribution in [0.3, 0.4) is 0 Å². The number of hydrogen-bond donors (Lipinski definition) is 0. The molecule has 1 nitrogen and oxygen atoms in total. The van der Waals surface area contributed by atoms with Crippen LogP contribution in [0.1, 0.15) is 52.9 Å². The lowest BCUT2D eigenvalue weighted by Gasteiger charge is -2.31. The lowest BCUT2D eigenvalue weighted by molar-refractivity contribution is -0.112. The summed E-state index contributed by atoms with van der Waals surface area (Å²) in [7, 11) is 0. The van der Waals surface area contributed by atoms with E-state index in [4.69, 9.17) is 0 Å². The maximum atomic E-state index is 10.7. The number of rotatable bonds is 4. The minimum atomic E-state index is 0.287. The molecule has 0 bridgehead atoms. The number of hydrogen-bond acceptors (Lipinski definition) is 1. The first-order valence-electron chi connectivity index (χ1n) is 6.08. The van der Waals surface area contributed by atoms with Crippen molar-refractivity contribution in [2.75, 3.05) is 0 Å². The van der Waals surface area contributed by atoms with Gasteiger partial charge in [-0.3, -0.25) is 0 Å². The molecule has 1 rings (SSSR count). The first-order valence-corrected chi connectivity index (χ1v) is 6.08. The van der Waals surface area contributed by atoms with Gasteiger partial charge in [0.25, 0.3) is 0 Å². The average Bonchev–Trinajstić information content (AvgIpc) is 2.17. The van der Waals surface area contributed by atoms with Crippen LogP contribution in [0.15, 0.2) is 0 Å². The Bertz CT molecular complexity index is 166. The number of carbonyl (C=O) groups is 1. The smallest absolute Gasteiger partial charge is 0.123 e. The van der Waals surface area contributed by atoms with Gasteiger partial charge in [-0.1, -0.05) is 33.6 Å². The zero-order valence-corrected chi connectivity index (χ0v) is 9.83. The maximum Gasteiger partial charge on any atom is 0.123 e. The van der Waals surface area contributed by atoms with Gasteiger partial charge in [0.2, 0.25) is 0 Å². The molecule has 1 aliphatic rings. The maximum absolute atomic E-state index is 10.7. The average molecular weight is 196 g/mol. The fourth-order valence-corrected chi connectivity index (χ4v) is 2.73. The molecule has 0 aromatic carbocycles. The van der Waals surface area contributed by atoms with Crippen molar-refractivity contribution in [1.29, 1.82) is 0 Å². The second kappa shape index (κ2) is 5.53. The summed E-state index contributed by atoms with van der Waals surface area (Å²) in [6.07, 6.45) is 7.76. The largest absolute Gasteiger partial charge is 0.303 e. The third-order valence-electron chi connectivity index (χ3n) is 3.65. The highest BCUT2D eigenvalue weighted by Crippen LogP contribution is 2.35. The van der Waals surface area contributed by atoms with Crippen molar-refractivity contribution < 1.29 is 4.79 Å². The van der Waals surface area contributed by atoms with Crippen LogP contribution >= 0.6 is 0 Å². The minimum Gasteiger partial charge on any atom is -0.303 e. The standard InChI is InChI=1S/C13H24O/c1-10(2)8-12-4-6-13(7-5-12)11(3)9-14/h9-13H,4-8H2,1-3H3. The van der Waals surface area contributed by atoms with Gasteiger partial charge in [-0.2, -0.15) is 0 Å². The molecule has 0 heterocycles. The fraction of sp³-hybridized carbons (Fsp3) is 0.923. The summed E-state index contributed by atoms with van der Waals surface area (Å²) in [5, 5.41) is 0. The van der Waals surface area contributed by atoms with Gasteiger partial charge in [-0.25, -0.2) is 0 Å². The Labute approximate surface area is 88.3 Å². The normalized spacial score (nSPS) is 30.3. The Morgan fingerprint density at radius 1 is 1.14 bits per heavy atom. The highest BCUT2D eigenvalue weighted by molar-refractivity contribution is 5.53. The minimum absolute atomic E-state index is 0.287. The van der Waals surface area contributed by atoms with Gasteiger partial charge in [0.05, 0.1) is 0 Å². The molecule has 1 saturated carbocycles. The van der Waals surface area contributed by atoms with E-state index in [1.807, 2.05) is 0 Å². The van der Waals surface area contributed by atoms with E-state index in [1.54, 1.807) is 0 Å². The van der Waals surface area contributed by atoms with Crippen LogP contribution in [0.2, 0.25) is 0 Å². The van der Waals surface area contributed by atoms with Gasteiger partial charge in [-0.15, -0.1) is 0 Å². The van der Waals surface area contributed by atoms with Crippen molar-refractivity contribution in [3.05, 3.63) is 0 Å². The predicted octanol–water partition coefficient (Wildman–Crippen LogP) is 3.67. The van der Waals surface area contributed by atoms with Gasteiger partial charge >= 0.3 is 0 Å². The molecule has 1 aliphatic carbocycles. The van der Waals surface area contributed by atoms with E-state index in [2.05, 4.69) is 20.8 Å². The molecular weight excluding hydrogens is 172 g/mol. The molecule has 0 saturated heterocycles. The van der Waals surface area contributed by atoms with Crippen LogP contribution in [0.4, 0.5) is 0 Å². The summed E-state index contributed by atoms with van der Waals surface area (Å²) >= 11 is 0. The zero-order valence-electron chi connectivity index (χ0n) is 9.83. The molecule has 1 unspecified atom stereocenters. The second-order valence-electron chi connectivity index (χ2n) is 5.41. The Balaban J connectivity index is 2.27. The first-order chi connectivity index (χ1) is 6.63. The molecule has 0 aromatic rings. The van der Waals surface area contributed by atoms with Crippen molar-refractivity contribution >= 4 is 6.29 Å². The molecule has 0 radical (unpaired) electrons. The van der Waals surface area contributed by atoms with Crippen molar-refractivity contribution in [1.82, 2.24) is 0 Å². The fourth-order valence-electron chi connectivity index (χ4n) is 2.73. The first kappa shape index (κ1) is 11.7. The molecule has 82 valence electrons. The number of carbonyl (C=O) groups excluding carboxylic acids is 1. The highest BCUT2D eigenvalue weighted by atomic mass is 16.1. The van der Waals surface area contributed by atoms with Gasteiger partial charge in [0, 0.05) is 5.92 Å². The van der Waals surface area contributed by atoms with Crippen LogP contribution in [0.5, 0.6) is 0 Å². The van der Waals surface area contributed by atoms with Crippen LogP contribution in [-0.2, 0) is 4.79 Å². The molecule has 1 heteroatoms. The molecule has 0 spiro atoms. The summed E-state index contributed by atoms with van der Waals surface area (Å²) in [4.78, 5) is 10.7. The summed E-state index contributed by atoms with van der Waals surface area (Å²) in [5.74, 6) is 2.73. The van der Waals surface area contributed by atoms with E-state index in [0.717, 1.165) is 18.1 Å². The summed E-state index contributed by atoms with van der Waals surface area (Å²) in [5.41, 5.74) is 0. The lowest BCUT2D eigenvalue weighted by atomic mass is 9.74. The molecule has 1 fully saturated rings. The molecular formula is C13H24O. The van der Waals surface area contributed by atoms with Crippen molar-refractivity contribution in [3.63, 3.8) is 0 Å². The summed E-state index contributed by atoms with van der Waals surface area (Å²) in [6.45, 7) is 6.68. The quantitative estimate of drug-likeness (QED) is 0.627. The van der Waals surface area contributed by atoms with Crippen molar-refractivity contribution in [3.8, 4) is 0 Å². The van der Waals surface area contributed by atoms with E-state index >= 15 is 0 Å². The van der Waals surface area contributed by atoms with E-state index in [-0.39, 0.29) is 5.92 Å². The zero-order chi connectivity index (χ0) is 10.6. The third-order valence-corrected chi connectivity index (χ3v) is 3.65.